The zero-order valence-corrected chi connectivity index (χ0v) is 15.1. The van der Waals surface area contributed by atoms with Crippen molar-refractivity contribution in [2.75, 3.05) is 36.4 Å². The Kier molecular flexibility index (Phi) is 5.06. The van der Waals surface area contributed by atoms with Gasteiger partial charge < -0.3 is 16.0 Å². The molecule has 2 fully saturated rings. The molecule has 2 aliphatic rings. The number of aromatic nitrogens is 2. The molecule has 8 heteroatoms. The van der Waals surface area contributed by atoms with E-state index >= 15 is 0 Å². The van der Waals surface area contributed by atoms with Gasteiger partial charge in [-0.25, -0.2) is 4.79 Å². The van der Waals surface area contributed by atoms with Crippen LogP contribution in [0.15, 0.2) is 36.5 Å². The number of rotatable bonds is 4. The third-order valence-corrected chi connectivity index (χ3v) is 4.98. The summed E-state index contributed by atoms with van der Waals surface area (Å²) in [6.07, 6.45) is 4.94. The van der Waals surface area contributed by atoms with Crippen molar-refractivity contribution in [2.45, 2.75) is 25.3 Å². The number of hydrogen-bond acceptors (Lipinski definition) is 4. The summed E-state index contributed by atoms with van der Waals surface area (Å²) in [6.45, 7) is 3.28. The molecule has 3 N–H and O–H groups in total. The van der Waals surface area contributed by atoms with Gasteiger partial charge in [-0.05, 0) is 50.1 Å². The molecule has 1 unspecified atom stereocenters. The quantitative estimate of drug-likeness (QED) is 0.770. The number of piperidine rings is 1. The van der Waals surface area contributed by atoms with Crippen LogP contribution in [0.1, 0.15) is 35.8 Å². The van der Waals surface area contributed by atoms with E-state index in [1.165, 1.54) is 0 Å². The van der Waals surface area contributed by atoms with Gasteiger partial charge in [-0.1, -0.05) is 6.07 Å². The van der Waals surface area contributed by atoms with Crippen molar-refractivity contribution >= 4 is 23.3 Å². The van der Waals surface area contributed by atoms with Gasteiger partial charge in [-0.2, -0.15) is 5.10 Å². The number of nitrogens with zero attached hydrogens (tertiary/aromatic N) is 3. The number of urea groups is 1. The van der Waals surface area contributed by atoms with E-state index in [9.17, 15) is 9.59 Å². The molecule has 1 aromatic heterocycles. The lowest BCUT2D eigenvalue weighted by Gasteiger charge is -2.27. The fraction of sp³-hybridized carbons (Fsp3) is 0.421. The lowest BCUT2D eigenvalue weighted by molar-refractivity contribution is 0.102. The van der Waals surface area contributed by atoms with Crippen LogP contribution in [0.4, 0.5) is 16.2 Å². The number of carbonyl (C=O) groups is 2. The van der Waals surface area contributed by atoms with E-state index in [1.807, 2.05) is 35.1 Å². The van der Waals surface area contributed by atoms with Crippen LogP contribution in [0.25, 0.3) is 0 Å². The summed E-state index contributed by atoms with van der Waals surface area (Å²) >= 11 is 0. The molecule has 142 valence electrons. The number of carbonyl (C=O) groups excluding carboxylic acids is 2. The third kappa shape index (κ3) is 3.95. The molecule has 0 saturated carbocycles. The fourth-order valence-corrected chi connectivity index (χ4v) is 3.54. The Morgan fingerprint density at radius 2 is 2.15 bits per heavy atom. The zero-order valence-electron chi connectivity index (χ0n) is 15.1. The SMILES string of the molecule is O=C(Nc1cccc(N2CCCNC2=O)c1)c1ccn(C2CCCNC2)n1. The van der Waals surface area contributed by atoms with E-state index in [4.69, 9.17) is 0 Å². The second-order valence-electron chi connectivity index (χ2n) is 6.92. The summed E-state index contributed by atoms with van der Waals surface area (Å²) in [5, 5.41) is 13.5. The van der Waals surface area contributed by atoms with Gasteiger partial charge in [0.2, 0.25) is 0 Å². The molecule has 3 amide bonds. The standard InChI is InChI=1S/C19H24N6O2/c26-18(17-7-11-25(23-17)16-6-2-8-20-13-16)22-14-4-1-5-15(12-14)24-10-3-9-21-19(24)27/h1,4-5,7,11-12,16,20H,2-3,6,8-10,13H2,(H,21,27)(H,22,26). The molecule has 0 bridgehead atoms. The van der Waals surface area contributed by atoms with Crippen molar-refractivity contribution in [3.8, 4) is 0 Å². The topological polar surface area (TPSA) is 91.3 Å². The maximum absolute atomic E-state index is 12.6. The lowest BCUT2D eigenvalue weighted by Crippen LogP contribution is -2.46. The summed E-state index contributed by atoms with van der Waals surface area (Å²) in [5.41, 5.74) is 1.80. The first-order valence-corrected chi connectivity index (χ1v) is 9.43. The predicted octanol–water partition coefficient (Wildman–Crippen LogP) is 1.98. The van der Waals surface area contributed by atoms with Crippen LogP contribution >= 0.6 is 0 Å². The minimum absolute atomic E-state index is 0.107. The molecular formula is C19H24N6O2. The summed E-state index contributed by atoms with van der Waals surface area (Å²) in [7, 11) is 0. The molecule has 1 atom stereocenters. The van der Waals surface area contributed by atoms with Crippen LogP contribution in [-0.4, -0.2) is 47.9 Å². The molecule has 0 aliphatic carbocycles. The van der Waals surface area contributed by atoms with Crippen LogP contribution < -0.4 is 20.9 Å². The molecule has 27 heavy (non-hydrogen) atoms. The summed E-state index contributed by atoms with van der Waals surface area (Å²) in [6, 6.07) is 9.25. The number of hydrogen-bond donors (Lipinski definition) is 3. The fourth-order valence-electron chi connectivity index (χ4n) is 3.54. The molecule has 0 spiro atoms. The smallest absolute Gasteiger partial charge is 0.321 e. The van der Waals surface area contributed by atoms with E-state index in [0.29, 0.717) is 30.5 Å². The minimum atomic E-state index is -0.252. The molecule has 2 aromatic rings. The zero-order chi connectivity index (χ0) is 18.6. The minimum Gasteiger partial charge on any atom is -0.338 e. The van der Waals surface area contributed by atoms with Gasteiger partial charge in [0, 0.05) is 37.2 Å². The number of nitrogens with one attached hydrogen (secondary N) is 3. The summed E-state index contributed by atoms with van der Waals surface area (Å²) in [4.78, 5) is 26.3. The van der Waals surface area contributed by atoms with E-state index in [0.717, 1.165) is 38.0 Å². The molecule has 1 aromatic carbocycles. The highest BCUT2D eigenvalue weighted by atomic mass is 16.2. The first-order valence-electron chi connectivity index (χ1n) is 9.43. The molecular weight excluding hydrogens is 344 g/mol. The number of benzene rings is 1. The van der Waals surface area contributed by atoms with Gasteiger partial charge in [0.15, 0.2) is 5.69 Å². The molecule has 8 nitrogen and oxygen atoms in total. The first kappa shape index (κ1) is 17.5. The summed E-state index contributed by atoms with van der Waals surface area (Å²) < 4.78 is 1.87. The maximum Gasteiger partial charge on any atom is 0.321 e. The van der Waals surface area contributed by atoms with Gasteiger partial charge >= 0.3 is 6.03 Å². The van der Waals surface area contributed by atoms with E-state index in [-0.39, 0.29) is 11.9 Å². The van der Waals surface area contributed by atoms with Crippen molar-refractivity contribution in [3.63, 3.8) is 0 Å². The second kappa shape index (κ2) is 7.79. The van der Waals surface area contributed by atoms with Crippen LogP contribution in [0.5, 0.6) is 0 Å². The maximum atomic E-state index is 12.6. The van der Waals surface area contributed by atoms with E-state index in [2.05, 4.69) is 21.0 Å². The van der Waals surface area contributed by atoms with Gasteiger partial charge in [-0.15, -0.1) is 0 Å². The van der Waals surface area contributed by atoms with Gasteiger partial charge in [0.25, 0.3) is 5.91 Å². The molecule has 4 rings (SSSR count). The predicted molar refractivity (Wildman–Crippen MR) is 103 cm³/mol. The van der Waals surface area contributed by atoms with Crippen LogP contribution in [-0.2, 0) is 0 Å². The Hall–Kier alpha value is -2.87. The van der Waals surface area contributed by atoms with Gasteiger partial charge in [0.1, 0.15) is 0 Å². The highest BCUT2D eigenvalue weighted by Crippen LogP contribution is 2.22. The van der Waals surface area contributed by atoms with Crippen LogP contribution in [0, 0.1) is 0 Å². The highest BCUT2D eigenvalue weighted by Gasteiger charge is 2.20. The summed E-state index contributed by atoms with van der Waals surface area (Å²) in [5.74, 6) is -0.252. The van der Waals surface area contributed by atoms with Crippen molar-refractivity contribution in [3.05, 3.63) is 42.2 Å². The largest absolute Gasteiger partial charge is 0.338 e. The Morgan fingerprint density at radius 3 is 2.96 bits per heavy atom. The van der Waals surface area contributed by atoms with Crippen LogP contribution in [0.3, 0.4) is 0 Å². The second-order valence-corrected chi connectivity index (χ2v) is 6.92. The lowest BCUT2D eigenvalue weighted by atomic mass is 10.1. The highest BCUT2D eigenvalue weighted by molar-refractivity contribution is 6.03. The average molecular weight is 368 g/mol. The van der Waals surface area contributed by atoms with E-state index < -0.39 is 0 Å². The van der Waals surface area contributed by atoms with E-state index in [1.54, 1.807) is 11.0 Å². The van der Waals surface area contributed by atoms with Crippen molar-refractivity contribution in [2.24, 2.45) is 0 Å². The first-order chi connectivity index (χ1) is 13.2. The third-order valence-electron chi connectivity index (χ3n) is 4.98. The number of amides is 3. The van der Waals surface area contributed by atoms with Crippen LogP contribution in [0.2, 0.25) is 0 Å². The Labute approximate surface area is 157 Å². The monoisotopic (exact) mass is 368 g/mol. The molecule has 2 aliphatic heterocycles. The number of anilines is 2. The van der Waals surface area contributed by atoms with Crippen molar-refractivity contribution in [1.82, 2.24) is 20.4 Å². The Balaban J connectivity index is 1.44. The van der Waals surface area contributed by atoms with Gasteiger partial charge in [0.05, 0.1) is 6.04 Å². The van der Waals surface area contributed by atoms with Gasteiger partial charge in [-0.3, -0.25) is 14.4 Å². The Morgan fingerprint density at radius 1 is 1.22 bits per heavy atom. The molecule has 3 heterocycles. The molecule has 0 radical (unpaired) electrons. The van der Waals surface area contributed by atoms with Crippen molar-refractivity contribution in [1.29, 1.82) is 0 Å². The average Bonchev–Trinajstić information content (AvgIpc) is 3.20. The normalized spacial score (nSPS) is 20.2. The Bertz CT molecular complexity index is 827. The van der Waals surface area contributed by atoms with Crippen molar-refractivity contribution < 1.29 is 9.59 Å². The molecule has 2 saturated heterocycles.